The van der Waals surface area contributed by atoms with Crippen molar-refractivity contribution in [3.8, 4) is 0 Å². The van der Waals surface area contributed by atoms with E-state index in [0.29, 0.717) is 24.1 Å². The van der Waals surface area contributed by atoms with E-state index >= 15 is 0 Å². The number of benzene rings is 1. The maximum absolute atomic E-state index is 12.1. The Morgan fingerprint density at radius 1 is 1.24 bits per heavy atom. The lowest BCUT2D eigenvalue weighted by Gasteiger charge is -2.44. The van der Waals surface area contributed by atoms with E-state index in [4.69, 9.17) is 4.74 Å². The zero-order valence-corrected chi connectivity index (χ0v) is 13.8. The topological polar surface area (TPSA) is 29.5 Å². The summed E-state index contributed by atoms with van der Waals surface area (Å²) in [6.07, 6.45) is 6.32. The number of esters is 1. The molecule has 2 atom stereocenters. The number of halogens is 1. The van der Waals surface area contributed by atoms with Crippen molar-refractivity contribution in [3.63, 3.8) is 0 Å². The van der Waals surface area contributed by atoms with Crippen LogP contribution in [0.1, 0.15) is 42.5 Å². The lowest BCUT2D eigenvalue weighted by atomic mass is 9.84. The van der Waals surface area contributed by atoms with Crippen LogP contribution in [0, 0.1) is 5.92 Å². The van der Waals surface area contributed by atoms with Gasteiger partial charge in [0.15, 0.2) is 0 Å². The quantitative estimate of drug-likeness (QED) is 0.774. The lowest BCUT2D eigenvalue weighted by Crippen LogP contribution is -2.49. The molecular formula is C17H22BrNO2. The van der Waals surface area contributed by atoms with Crippen LogP contribution in [0.5, 0.6) is 0 Å². The molecule has 0 amide bonds. The Hall–Kier alpha value is -0.870. The molecule has 2 saturated heterocycles. The minimum absolute atomic E-state index is 0.204. The predicted octanol–water partition coefficient (Wildman–Crippen LogP) is 3.87. The maximum atomic E-state index is 12.1. The molecule has 0 bridgehead atoms. The molecule has 1 aromatic carbocycles. The van der Waals surface area contributed by atoms with E-state index in [1.165, 1.54) is 45.2 Å². The number of carbonyl (C=O) groups is 1. The summed E-state index contributed by atoms with van der Waals surface area (Å²) in [6, 6.07) is 8.03. The Labute approximate surface area is 134 Å². The van der Waals surface area contributed by atoms with Crippen molar-refractivity contribution in [1.82, 2.24) is 4.90 Å². The molecule has 0 aromatic heterocycles. The first-order valence-electron chi connectivity index (χ1n) is 7.91. The van der Waals surface area contributed by atoms with Gasteiger partial charge in [0, 0.05) is 16.4 Å². The van der Waals surface area contributed by atoms with Crippen molar-refractivity contribution >= 4 is 21.9 Å². The fourth-order valence-electron chi connectivity index (χ4n) is 3.65. The minimum Gasteiger partial charge on any atom is -0.462 e. The zero-order valence-electron chi connectivity index (χ0n) is 12.3. The van der Waals surface area contributed by atoms with Crippen molar-refractivity contribution in [3.05, 3.63) is 34.3 Å². The number of fused-ring (bicyclic) bond motifs is 1. The molecule has 0 radical (unpaired) electrons. The molecule has 1 aromatic rings. The van der Waals surface area contributed by atoms with E-state index in [0.717, 1.165) is 4.47 Å². The van der Waals surface area contributed by atoms with E-state index in [-0.39, 0.29) is 5.97 Å². The van der Waals surface area contributed by atoms with Crippen LogP contribution in [0.25, 0.3) is 0 Å². The molecule has 114 valence electrons. The van der Waals surface area contributed by atoms with Gasteiger partial charge in [0.25, 0.3) is 0 Å². The third-order valence-electron chi connectivity index (χ3n) is 4.72. The van der Waals surface area contributed by atoms with E-state index in [1.807, 2.05) is 18.2 Å². The first-order chi connectivity index (χ1) is 10.2. The molecule has 2 aliphatic rings. The van der Waals surface area contributed by atoms with Gasteiger partial charge in [-0.2, -0.15) is 0 Å². The lowest BCUT2D eigenvalue weighted by molar-refractivity contribution is 0.00738. The van der Waals surface area contributed by atoms with Gasteiger partial charge < -0.3 is 4.74 Å². The predicted molar refractivity (Wildman–Crippen MR) is 86.4 cm³/mol. The highest BCUT2D eigenvalue weighted by Crippen LogP contribution is 2.31. The third-order valence-corrected chi connectivity index (χ3v) is 5.21. The van der Waals surface area contributed by atoms with E-state index in [2.05, 4.69) is 20.8 Å². The molecule has 0 N–H and O–H groups in total. The molecule has 0 saturated carbocycles. The van der Waals surface area contributed by atoms with Crippen molar-refractivity contribution in [2.24, 2.45) is 5.92 Å². The molecule has 0 spiro atoms. The number of ether oxygens (including phenoxy) is 1. The van der Waals surface area contributed by atoms with Crippen molar-refractivity contribution in [2.75, 3.05) is 19.7 Å². The summed E-state index contributed by atoms with van der Waals surface area (Å²) in [6.45, 7) is 3.01. The molecule has 4 heteroatoms. The maximum Gasteiger partial charge on any atom is 0.338 e. The average molecular weight is 352 g/mol. The number of rotatable bonds is 3. The largest absolute Gasteiger partial charge is 0.462 e. The average Bonchev–Trinajstić information content (AvgIpc) is 2.52. The fourth-order valence-corrected chi connectivity index (χ4v) is 4.05. The van der Waals surface area contributed by atoms with Gasteiger partial charge in [0.2, 0.25) is 0 Å². The molecule has 0 unspecified atom stereocenters. The van der Waals surface area contributed by atoms with Gasteiger partial charge in [-0.3, -0.25) is 4.90 Å². The zero-order chi connectivity index (χ0) is 14.7. The SMILES string of the molecule is O=C(OC[C@@H]1CCCN2CCCC[C@@H]12)c1cccc(Br)c1. The van der Waals surface area contributed by atoms with E-state index in [9.17, 15) is 4.79 Å². The van der Waals surface area contributed by atoms with Crippen LogP contribution in [0.3, 0.4) is 0 Å². The van der Waals surface area contributed by atoms with Crippen LogP contribution in [0.2, 0.25) is 0 Å². The number of hydrogen-bond donors (Lipinski definition) is 0. The smallest absolute Gasteiger partial charge is 0.338 e. The summed E-state index contributed by atoms with van der Waals surface area (Å²) >= 11 is 3.39. The number of piperidine rings is 2. The highest BCUT2D eigenvalue weighted by molar-refractivity contribution is 9.10. The molecule has 21 heavy (non-hydrogen) atoms. The van der Waals surface area contributed by atoms with Crippen LogP contribution in [0.4, 0.5) is 0 Å². The first-order valence-corrected chi connectivity index (χ1v) is 8.70. The van der Waals surface area contributed by atoms with Crippen LogP contribution in [0.15, 0.2) is 28.7 Å². The van der Waals surface area contributed by atoms with Gasteiger partial charge in [-0.1, -0.05) is 28.4 Å². The Morgan fingerprint density at radius 2 is 2.10 bits per heavy atom. The Bertz CT molecular complexity index is 503. The Morgan fingerprint density at radius 3 is 2.95 bits per heavy atom. The van der Waals surface area contributed by atoms with Gasteiger partial charge in [-0.25, -0.2) is 4.79 Å². The van der Waals surface area contributed by atoms with Crippen molar-refractivity contribution < 1.29 is 9.53 Å². The summed E-state index contributed by atoms with van der Waals surface area (Å²) in [5, 5.41) is 0. The molecule has 2 heterocycles. The monoisotopic (exact) mass is 351 g/mol. The third kappa shape index (κ3) is 3.67. The molecule has 2 fully saturated rings. The normalized spacial score (nSPS) is 26.1. The van der Waals surface area contributed by atoms with Gasteiger partial charge in [0.1, 0.15) is 0 Å². The van der Waals surface area contributed by atoms with Crippen LogP contribution in [-0.2, 0) is 4.74 Å². The van der Waals surface area contributed by atoms with E-state index < -0.39 is 0 Å². The van der Waals surface area contributed by atoms with Crippen LogP contribution >= 0.6 is 15.9 Å². The second-order valence-corrected chi connectivity index (χ2v) is 7.03. The van der Waals surface area contributed by atoms with Crippen molar-refractivity contribution in [2.45, 2.75) is 38.1 Å². The van der Waals surface area contributed by atoms with Crippen molar-refractivity contribution in [1.29, 1.82) is 0 Å². The first kappa shape index (κ1) is 15.0. The van der Waals surface area contributed by atoms with Gasteiger partial charge in [0.05, 0.1) is 12.2 Å². The summed E-state index contributed by atoms with van der Waals surface area (Å²) in [5.41, 5.74) is 0.626. The van der Waals surface area contributed by atoms with Gasteiger partial charge in [-0.15, -0.1) is 0 Å². The van der Waals surface area contributed by atoms with Gasteiger partial charge in [-0.05, 0) is 57.0 Å². The second kappa shape index (κ2) is 6.93. The summed E-state index contributed by atoms with van der Waals surface area (Å²) in [7, 11) is 0. The highest BCUT2D eigenvalue weighted by atomic mass is 79.9. The Balaban J connectivity index is 1.57. The summed E-state index contributed by atoms with van der Waals surface area (Å²) in [4.78, 5) is 14.7. The summed E-state index contributed by atoms with van der Waals surface area (Å²) in [5.74, 6) is 0.305. The number of nitrogens with zero attached hydrogens (tertiary/aromatic N) is 1. The molecule has 3 nitrogen and oxygen atoms in total. The highest BCUT2D eigenvalue weighted by Gasteiger charge is 2.33. The van der Waals surface area contributed by atoms with Crippen LogP contribution < -0.4 is 0 Å². The molecule has 0 aliphatic carbocycles. The second-order valence-electron chi connectivity index (χ2n) is 6.11. The number of hydrogen-bond acceptors (Lipinski definition) is 3. The molecule has 3 rings (SSSR count). The van der Waals surface area contributed by atoms with E-state index in [1.54, 1.807) is 6.07 Å². The summed E-state index contributed by atoms with van der Waals surface area (Å²) < 4.78 is 6.50. The Kier molecular flexibility index (Phi) is 4.96. The van der Waals surface area contributed by atoms with Gasteiger partial charge >= 0.3 is 5.97 Å². The minimum atomic E-state index is -0.204. The fraction of sp³-hybridized carbons (Fsp3) is 0.588. The standard InChI is InChI=1S/C17H22BrNO2/c18-15-7-3-5-13(11-15)17(20)21-12-14-6-4-10-19-9-2-1-8-16(14)19/h3,5,7,11,14,16H,1-2,4,6,8-10,12H2/t14-,16-/m0/s1. The molecule has 2 aliphatic heterocycles. The van der Waals surface area contributed by atoms with Crippen LogP contribution in [-0.4, -0.2) is 36.6 Å². The number of carbonyl (C=O) groups excluding carboxylic acids is 1. The molecular weight excluding hydrogens is 330 g/mol.